The number of carbonyl (C=O) groups is 2. The molecule has 0 heterocycles. The van der Waals surface area contributed by atoms with Gasteiger partial charge in [0.15, 0.2) is 11.5 Å². The van der Waals surface area contributed by atoms with Crippen LogP contribution in [0.5, 0.6) is 11.5 Å². The van der Waals surface area contributed by atoms with Gasteiger partial charge in [0.2, 0.25) is 5.91 Å². The van der Waals surface area contributed by atoms with Crippen LogP contribution in [0, 0.1) is 11.8 Å². The average molecular weight is 368 g/mol. The molecule has 0 radical (unpaired) electrons. The van der Waals surface area contributed by atoms with Crippen LogP contribution in [0.25, 0.3) is 0 Å². The van der Waals surface area contributed by atoms with Gasteiger partial charge in [-0.3, -0.25) is 9.59 Å². The summed E-state index contributed by atoms with van der Waals surface area (Å²) in [4.78, 5) is 24.5. The van der Waals surface area contributed by atoms with Crippen molar-refractivity contribution in [2.24, 2.45) is 11.8 Å². The number of amides is 2. The zero-order chi connectivity index (χ0) is 19.4. The summed E-state index contributed by atoms with van der Waals surface area (Å²) in [6.07, 6.45) is 0.928. The third-order valence-corrected chi connectivity index (χ3v) is 4.74. The minimum atomic E-state index is -0.208. The van der Waals surface area contributed by atoms with E-state index in [0.29, 0.717) is 35.2 Å². The van der Waals surface area contributed by atoms with Crippen LogP contribution in [0.4, 0.5) is 5.69 Å². The fourth-order valence-electron chi connectivity index (χ4n) is 2.94. The molecule has 0 saturated heterocycles. The SMILES string of the molecule is COc1ccc(CNC(=O)c2cccc(NC(=O)C3CC3C)c2)cc1OC. The molecule has 2 aromatic rings. The van der Waals surface area contributed by atoms with Gasteiger partial charge in [0, 0.05) is 23.7 Å². The Morgan fingerprint density at radius 1 is 1.07 bits per heavy atom. The number of nitrogens with one attached hydrogen (secondary N) is 2. The van der Waals surface area contributed by atoms with E-state index in [2.05, 4.69) is 17.6 Å². The molecule has 0 spiro atoms. The molecular weight excluding hydrogens is 344 g/mol. The zero-order valence-corrected chi connectivity index (χ0v) is 15.7. The first-order valence-electron chi connectivity index (χ1n) is 8.92. The normalized spacial score (nSPS) is 17.7. The molecule has 3 rings (SSSR count). The van der Waals surface area contributed by atoms with E-state index in [1.54, 1.807) is 44.6 Å². The highest BCUT2D eigenvalue weighted by Crippen LogP contribution is 2.38. The largest absolute Gasteiger partial charge is 0.493 e. The second-order valence-corrected chi connectivity index (χ2v) is 6.76. The molecule has 6 heteroatoms. The summed E-state index contributed by atoms with van der Waals surface area (Å²) in [6.45, 7) is 2.41. The molecule has 2 unspecified atom stereocenters. The van der Waals surface area contributed by atoms with Crippen LogP contribution in [0.3, 0.4) is 0 Å². The molecule has 1 aliphatic carbocycles. The van der Waals surface area contributed by atoms with E-state index in [-0.39, 0.29) is 17.7 Å². The van der Waals surface area contributed by atoms with Gasteiger partial charge >= 0.3 is 0 Å². The highest BCUT2D eigenvalue weighted by Gasteiger charge is 2.39. The molecule has 0 aromatic heterocycles. The second kappa shape index (κ2) is 8.12. The second-order valence-electron chi connectivity index (χ2n) is 6.76. The zero-order valence-electron chi connectivity index (χ0n) is 15.7. The molecule has 2 N–H and O–H groups in total. The number of ether oxygens (including phenoxy) is 2. The third-order valence-electron chi connectivity index (χ3n) is 4.74. The maximum atomic E-state index is 12.5. The summed E-state index contributed by atoms with van der Waals surface area (Å²) >= 11 is 0. The fourth-order valence-corrected chi connectivity index (χ4v) is 2.94. The van der Waals surface area contributed by atoms with Gasteiger partial charge < -0.3 is 20.1 Å². The molecule has 2 amide bonds. The Balaban J connectivity index is 1.61. The van der Waals surface area contributed by atoms with Gasteiger partial charge in [-0.15, -0.1) is 0 Å². The van der Waals surface area contributed by atoms with Crippen LogP contribution >= 0.6 is 0 Å². The van der Waals surface area contributed by atoms with Crippen molar-refractivity contribution < 1.29 is 19.1 Å². The summed E-state index contributed by atoms with van der Waals surface area (Å²) in [7, 11) is 3.15. The summed E-state index contributed by atoms with van der Waals surface area (Å²) in [5.41, 5.74) is 2.03. The number of hydrogen-bond acceptors (Lipinski definition) is 4. The van der Waals surface area contributed by atoms with E-state index in [4.69, 9.17) is 9.47 Å². The number of benzene rings is 2. The Morgan fingerprint density at radius 2 is 1.81 bits per heavy atom. The summed E-state index contributed by atoms with van der Waals surface area (Å²) < 4.78 is 10.5. The number of hydrogen-bond donors (Lipinski definition) is 2. The lowest BCUT2D eigenvalue weighted by atomic mass is 10.1. The van der Waals surface area contributed by atoms with Crippen LogP contribution in [0.1, 0.15) is 29.3 Å². The molecule has 1 aliphatic rings. The Morgan fingerprint density at radius 3 is 2.48 bits per heavy atom. The molecule has 27 heavy (non-hydrogen) atoms. The maximum absolute atomic E-state index is 12.5. The Labute approximate surface area is 158 Å². The van der Waals surface area contributed by atoms with Gasteiger partial charge in [-0.05, 0) is 48.2 Å². The standard InChI is InChI=1S/C21H24N2O4/c1-13-9-17(13)21(25)23-16-6-4-5-15(11-16)20(24)22-12-14-7-8-18(26-2)19(10-14)27-3/h4-8,10-11,13,17H,9,12H2,1-3H3,(H,22,24)(H,23,25). The average Bonchev–Trinajstić information content (AvgIpc) is 3.42. The van der Waals surface area contributed by atoms with E-state index in [9.17, 15) is 9.59 Å². The van der Waals surface area contributed by atoms with Gasteiger partial charge in [0.25, 0.3) is 5.91 Å². The molecule has 0 bridgehead atoms. The molecule has 142 valence electrons. The van der Waals surface area contributed by atoms with Gasteiger partial charge in [-0.25, -0.2) is 0 Å². The summed E-state index contributed by atoms with van der Waals surface area (Å²) in [5.74, 6) is 1.60. The van der Waals surface area contributed by atoms with Gasteiger partial charge in [0.05, 0.1) is 14.2 Å². The topological polar surface area (TPSA) is 76.7 Å². The fraction of sp³-hybridized carbons (Fsp3) is 0.333. The predicted octanol–water partition coefficient (Wildman–Crippen LogP) is 3.23. The van der Waals surface area contributed by atoms with Crippen LogP contribution in [-0.4, -0.2) is 26.0 Å². The van der Waals surface area contributed by atoms with Crippen LogP contribution in [0.2, 0.25) is 0 Å². The number of carbonyl (C=O) groups excluding carboxylic acids is 2. The maximum Gasteiger partial charge on any atom is 0.251 e. The van der Waals surface area contributed by atoms with Crippen molar-refractivity contribution in [2.45, 2.75) is 19.9 Å². The van der Waals surface area contributed by atoms with Crippen molar-refractivity contribution in [3.05, 3.63) is 53.6 Å². The Kier molecular flexibility index (Phi) is 5.64. The monoisotopic (exact) mass is 368 g/mol. The first-order valence-corrected chi connectivity index (χ1v) is 8.92. The first kappa shape index (κ1) is 18.8. The lowest BCUT2D eigenvalue weighted by Crippen LogP contribution is -2.23. The van der Waals surface area contributed by atoms with Crippen LogP contribution in [-0.2, 0) is 11.3 Å². The van der Waals surface area contributed by atoms with Crippen molar-refractivity contribution in [3.8, 4) is 11.5 Å². The number of methoxy groups -OCH3 is 2. The van der Waals surface area contributed by atoms with Crippen LogP contribution < -0.4 is 20.1 Å². The lowest BCUT2D eigenvalue weighted by molar-refractivity contribution is -0.117. The highest BCUT2D eigenvalue weighted by molar-refractivity contribution is 5.98. The first-order chi connectivity index (χ1) is 13.0. The number of rotatable bonds is 7. The van der Waals surface area contributed by atoms with Crippen molar-refractivity contribution in [1.29, 1.82) is 0 Å². The van der Waals surface area contributed by atoms with Crippen molar-refractivity contribution in [1.82, 2.24) is 5.32 Å². The minimum absolute atomic E-state index is 0.0189. The summed E-state index contributed by atoms with van der Waals surface area (Å²) in [5, 5.41) is 5.76. The van der Waals surface area contributed by atoms with E-state index in [1.807, 2.05) is 12.1 Å². The molecule has 2 aromatic carbocycles. The highest BCUT2D eigenvalue weighted by atomic mass is 16.5. The Hall–Kier alpha value is -3.02. The van der Waals surface area contributed by atoms with E-state index >= 15 is 0 Å². The minimum Gasteiger partial charge on any atom is -0.493 e. The Bertz CT molecular complexity index is 850. The van der Waals surface area contributed by atoms with E-state index in [0.717, 1.165) is 12.0 Å². The molecule has 1 saturated carbocycles. The van der Waals surface area contributed by atoms with Crippen LogP contribution in [0.15, 0.2) is 42.5 Å². The van der Waals surface area contributed by atoms with Crippen molar-refractivity contribution in [3.63, 3.8) is 0 Å². The van der Waals surface area contributed by atoms with Gasteiger partial charge in [-0.1, -0.05) is 19.1 Å². The summed E-state index contributed by atoms with van der Waals surface area (Å²) in [6, 6.07) is 12.5. The third kappa shape index (κ3) is 4.58. The van der Waals surface area contributed by atoms with E-state index < -0.39 is 0 Å². The molecular formula is C21H24N2O4. The van der Waals surface area contributed by atoms with Gasteiger partial charge in [-0.2, -0.15) is 0 Å². The quantitative estimate of drug-likeness (QED) is 0.787. The lowest BCUT2D eigenvalue weighted by Gasteiger charge is -2.11. The van der Waals surface area contributed by atoms with Crippen molar-refractivity contribution >= 4 is 17.5 Å². The van der Waals surface area contributed by atoms with Crippen molar-refractivity contribution in [2.75, 3.05) is 19.5 Å². The molecule has 0 aliphatic heterocycles. The van der Waals surface area contributed by atoms with Gasteiger partial charge in [0.1, 0.15) is 0 Å². The molecule has 2 atom stereocenters. The molecule has 6 nitrogen and oxygen atoms in total. The number of anilines is 1. The van der Waals surface area contributed by atoms with E-state index in [1.165, 1.54) is 0 Å². The smallest absolute Gasteiger partial charge is 0.251 e. The molecule has 1 fully saturated rings. The predicted molar refractivity (Wildman–Crippen MR) is 103 cm³/mol.